The average molecular weight is 807 g/mol. The van der Waals surface area contributed by atoms with E-state index in [0.717, 1.165) is 32.3 Å². The van der Waals surface area contributed by atoms with Crippen LogP contribution in [0, 0.1) is 16.2 Å². The van der Waals surface area contributed by atoms with E-state index in [4.69, 9.17) is 28.4 Å². The molecule has 9 heteroatoms. The molecule has 3 aliphatic rings. The van der Waals surface area contributed by atoms with Crippen molar-refractivity contribution in [2.45, 2.75) is 79.7 Å². The highest BCUT2D eigenvalue weighted by atomic mass is 79.9. The Labute approximate surface area is 289 Å². The van der Waals surface area contributed by atoms with Crippen LogP contribution in [0.1, 0.15) is 62.3 Å². The molecule has 4 aromatic rings. The second kappa shape index (κ2) is 9.72. The second-order valence-corrected chi connectivity index (χ2v) is 17.2. The Hall–Kier alpha value is -2.10. The zero-order valence-electron chi connectivity index (χ0n) is 27.2. The van der Waals surface area contributed by atoms with Gasteiger partial charge in [-0.25, -0.2) is 0 Å². The van der Waals surface area contributed by atoms with Crippen molar-refractivity contribution in [2.75, 3.05) is 16.0 Å². The van der Waals surface area contributed by atoms with E-state index in [9.17, 15) is 0 Å². The third-order valence-corrected chi connectivity index (χ3v) is 11.9. The number of fused-ring (bicyclic) bond motifs is 9. The standard InChI is InChI=1S/C36H39Br3O6/c1-31(2,3)34(16-37)40-25-10-19-20(11-26(25)41-34)22-13-28-30(45-36(18-39,43-28)33(7,8)9)15-24(22)23-14-29-27(12-21(19)23)42-35(17-38,44-29)32(4,5)6/h10-15H,16-18H2,1-9H3. The number of alkyl halides is 3. The van der Waals surface area contributed by atoms with Crippen LogP contribution < -0.4 is 28.4 Å². The third kappa shape index (κ3) is 4.35. The number of benzene rings is 4. The molecule has 0 aromatic heterocycles. The Morgan fingerprint density at radius 1 is 0.378 bits per heavy atom. The molecule has 0 saturated carbocycles. The lowest BCUT2D eigenvalue weighted by molar-refractivity contribution is -0.137. The lowest BCUT2D eigenvalue weighted by Crippen LogP contribution is -2.52. The van der Waals surface area contributed by atoms with Gasteiger partial charge < -0.3 is 28.4 Å². The molecule has 0 fully saturated rings. The van der Waals surface area contributed by atoms with Crippen molar-refractivity contribution in [3.63, 3.8) is 0 Å². The molecule has 6 nitrogen and oxygen atoms in total. The summed E-state index contributed by atoms with van der Waals surface area (Å²) in [6, 6.07) is 12.6. The van der Waals surface area contributed by atoms with Gasteiger partial charge in [0.2, 0.25) is 0 Å². The fraction of sp³-hybridized carbons (Fsp3) is 0.500. The minimum absolute atomic E-state index is 0.290. The molecule has 4 aromatic carbocycles. The van der Waals surface area contributed by atoms with Gasteiger partial charge in [0.1, 0.15) is 0 Å². The van der Waals surface area contributed by atoms with Crippen LogP contribution in [0.5, 0.6) is 34.5 Å². The summed E-state index contributed by atoms with van der Waals surface area (Å²) in [5.74, 6) is 1.74. The largest absolute Gasteiger partial charge is 0.447 e. The maximum atomic E-state index is 6.64. The van der Waals surface area contributed by atoms with Crippen molar-refractivity contribution in [3.05, 3.63) is 36.4 Å². The summed E-state index contributed by atoms with van der Waals surface area (Å²) in [6.07, 6.45) is 0. The molecule has 0 atom stereocenters. The van der Waals surface area contributed by atoms with Gasteiger partial charge >= 0.3 is 0 Å². The molecular formula is C36H39Br3O6. The molecule has 0 saturated heterocycles. The molecule has 45 heavy (non-hydrogen) atoms. The fourth-order valence-corrected chi connectivity index (χ4v) is 9.52. The third-order valence-electron chi connectivity index (χ3n) is 9.73. The Bertz CT molecular complexity index is 1550. The number of halogens is 3. The molecule has 0 amide bonds. The van der Waals surface area contributed by atoms with Crippen LogP contribution in [0.4, 0.5) is 0 Å². The summed E-state index contributed by atoms with van der Waals surface area (Å²) in [7, 11) is 0. The van der Waals surface area contributed by atoms with Gasteiger partial charge in [0, 0.05) is 16.2 Å². The summed E-state index contributed by atoms with van der Waals surface area (Å²) in [4.78, 5) is 0. The maximum Gasteiger partial charge on any atom is 0.265 e. The van der Waals surface area contributed by atoms with Gasteiger partial charge in [0.05, 0.1) is 16.0 Å². The van der Waals surface area contributed by atoms with Crippen molar-refractivity contribution in [1.29, 1.82) is 0 Å². The summed E-state index contributed by atoms with van der Waals surface area (Å²) in [6.45, 7) is 19.1. The first-order valence-electron chi connectivity index (χ1n) is 15.3. The van der Waals surface area contributed by atoms with Crippen LogP contribution in [0.2, 0.25) is 0 Å². The van der Waals surface area contributed by atoms with E-state index < -0.39 is 17.4 Å². The summed E-state index contributed by atoms with van der Waals surface area (Å²) in [5.41, 5.74) is -0.870. The minimum Gasteiger partial charge on any atom is -0.447 e. The number of rotatable bonds is 3. The first kappa shape index (κ1) is 31.5. The van der Waals surface area contributed by atoms with Gasteiger partial charge in [0.15, 0.2) is 34.5 Å². The highest BCUT2D eigenvalue weighted by molar-refractivity contribution is 9.09. The monoisotopic (exact) mass is 804 g/mol. The topological polar surface area (TPSA) is 55.4 Å². The highest BCUT2D eigenvalue weighted by Crippen LogP contribution is 2.56. The van der Waals surface area contributed by atoms with E-state index >= 15 is 0 Å². The van der Waals surface area contributed by atoms with Gasteiger partial charge in [-0.15, -0.1) is 0 Å². The van der Waals surface area contributed by atoms with Crippen LogP contribution in [0.3, 0.4) is 0 Å². The molecule has 0 unspecified atom stereocenters. The number of hydrogen-bond acceptors (Lipinski definition) is 6. The van der Waals surface area contributed by atoms with Crippen LogP contribution >= 0.6 is 47.8 Å². The van der Waals surface area contributed by atoms with Crippen LogP contribution in [0.25, 0.3) is 32.3 Å². The first-order chi connectivity index (χ1) is 20.9. The summed E-state index contributed by atoms with van der Waals surface area (Å²) >= 11 is 11.0. The van der Waals surface area contributed by atoms with Gasteiger partial charge in [0.25, 0.3) is 17.4 Å². The normalized spacial score (nSPS) is 25.6. The van der Waals surface area contributed by atoms with E-state index in [1.165, 1.54) is 0 Å². The molecule has 3 aliphatic heterocycles. The molecule has 240 valence electrons. The lowest BCUT2D eigenvalue weighted by atomic mass is 9.86. The fourth-order valence-electron chi connectivity index (χ4n) is 6.31. The number of hydrogen-bond donors (Lipinski definition) is 0. The molecule has 0 radical (unpaired) electrons. The molecule has 3 heterocycles. The van der Waals surface area contributed by atoms with Crippen molar-refractivity contribution < 1.29 is 28.4 Å². The molecule has 7 rings (SSSR count). The second-order valence-electron chi connectivity index (χ2n) is 15.6. The Morgan fingerprint density at radius 2 is 0.533 bits per heavy atom. The van der Waals surface area contributed by atoms with Crippen molar-refractivity contribution in [3.8, 4) is 34.5 Å². The predicted molar refractivity (Wildman–Crippen MR) is 191 cm³/mol. The zero-order valence-corrected chi connectivity index (χ0v) is 31.9. The van der Waals surface area contributed by atoms with Crippen molar-refractivity contribution in [1.82, 2.24) is 0 Å². The Balaban J connectivity index is 1.52. The number of ether oxygens (including phenoxy) is 6. The minimum atomic E-state index is -0.848. The van der Waals surface area contributed by atoms with Gasteiger partial charge in [-0.1, -0.05) is 110 Å². The van der Waals surface area contributed by atoms with E-state index in [2.05, 4.69) is 147 Å². The van der Waals surface area contributed by atoms with Gasteiger partial charge in [-0.05, 0) is 68.7 Å². The van der Waals surface area contributed by atoms with E-state index in [-0.39, 0.29) is 16.2 Å². The van der Waals surface area contributed by atoms with E-state index in [1.54, 1.807) is 0 Å². The molecule has 0 bridgehead atoms. The Morgan fingerprint density at radius 3 is 0.644 bits per heavy atom. The molecule has 0 spiro atoms. The SMILES string of the molecule is CC(C)(C)C1(CBr)Oc2cc3c4cc5c(cc4c4cc6c(cc4c3cc2O1)OC(CBr)(C(C)(C)C)O6)OC(CBr)(C(C)(C)C)O5. The smallest absolute Gasteiger partial charge is 0.265 e. The van der Waals surface area contributed by atoms with Gasteiger partial charge in [-0.3, -0.25) is 0 Å². The quantitative estimate of drug-likeness (QED) is 0.152. The summed E-state index contributed by atoms with van der Waals surface area (Å²) in [5, 5.41) is 7.73. The maximum absolute atomic E-state index is 6.64. The molecule has 0 aliphatic carbocycles. The van der Waals surface area contributed by atoms with Crippen LogP contribution in [0.15, 0.2) is 36.4 Å². The van der Waals surface area contributed by atoms with Crippen molar-refractivity contribution >= 4 is 80.1 Å². The molecular weight excluding hydrogens is 768 g/mol. The predicted octanol–water partition coefficient (Wildman–Crippen LogP) is 10.9. The van der Waals surface area contributed by atoms with Gasteiger partial charge in [-0.2, -0.15) is 0 Å². The van der Waals surface area contributed by atoms with E-state index in [0.29, 0.717) is 50.5 Å². The Kier molecular flexibility index (Phi) is 6.81. The van der Waals surface area contributed by atoms with Crippen molar-refractivity contribution in [2.24, 2.45) is 16.2 Å². The zero-order chi connectivity index (χ0) is 32.5. The van der Waals surface area contributed by atoms with E-state index in [1.807, 2.05) is 0 Å². The lowest BCUT2D eigenvalue weighted by Gasteiger charge is -2.37. The highest BCUT2D eigenvalue weighted by Gasteiger charge is 2.53. The van der Waals surface area contributed by atoms with Crippen LogP contribution in [-0.4, -0.2) is 33.4 Å². The average Bonchev–Trinajstić information content (AvgIpc) is 3.65. The molecule has 0 N–H and O–H groups in total. The first-order valence-corrected chi connectivity index (χ1v) is 18.6. The summed E-state index contributed by atoms with van der Waals surface area (Å²) < 4.78 is 39.8. The van der Waals surface area contributed by atoms with Crippen LogP contribution in [-0.2, 0) is 0 Å².